The van der Waals surface area contributed by atoms with Gasteiger partial charge in [0.05, 0.1) is 12.8 Å². The van der Waals surface area contributed by atoms with Crippen LogP contribution in [0.2, 0.25) is 0 Å². The van der Waals surface area contributed by atoms with Gasteiger partial charge in [0.2, 0.25) is 70.9 Å². The van der Waals surface area contributed by atoms with E-state index in [1.807, 2.05) is 0 Å². The van der Waals surface area contributed by atoms with E-state index in [4.69, 9.17) is 11.5 Å². The van der Waals surface area contributed by atoms with E-state index >= 15 is 0 Å². The Balaban J connectivity index is 1.68. The number of carbonyl (C=O) groups excluding carboxylic acids is 12. The Morgan fingerprint density at radius 1 is 0.349 bits per heavy atom. The highest BCUT2D eigenvalue weighted by molar-refractivity contribution is 6.00. The number of aromatic hydroxyl groups is 2. The van der Waals surface area contributed by atoms with Crippen LogP contribution in [-0.2, 0) is 99.1 Å². The van der Waals surface area contributed by atoms with Crippen LogP contribution in [0.3, 0.4) is 0 Å². The van der Waals surface area contributed by atoms with Crippen molar-refractivity contribution in [3.8, 4) is 11.5 Å². The summed E-state index contributed by atoms with van der Waals surface area (Å²) < 4.78 is 0. The number of aliphatic carboxylic acids is 6. The Kier molecular flexibility index (Phi) is 36.2. The summed E-state index contributed by atoms with van der Waals surface area (Å²) in [6.07, 6.45) is -7.70. The number of hydrogen-bond acceptors (Lipinski definition) is 22. The van der Waals surface area contributed by atoms with Crippen LogP contribution in [0.4, 0.5) is 0 Å². The van der Waals surface area contributed by atoms with Gasteiger partial charge in [-0.2, -0.15) is 0 Å². The summed E-state index contributed by atoms with van der Waals surface area (Å²) in [5.74, 6) is -22.9. The molecule has 24 N–H and O–H groups in total. The molecule has 582 valence electrons. The Bertz CT molecular complexity index is 3260. The number of amides is 12. The van der Waals surface area contributed by atoms with Gasteiger partial charge in [0.1, 0.15) is 84.0 Å². The van der Waals surface area contributed by atoms with Crippen LogP contribution in [-0.4, -0.2) is 233 Å². The predicted octanol–water partition coefficient (Wildman–Crippen LogP) is -5.05. The summed E-state index contributed by atoms with van der Waals surface area (Å²) in [6, 6.07) is -10.0. The zero-order valence-electron chi connectivity index (χ0n) is 57.6. The Morgan fingerprint density at radius 3 is 0.887 bits per heavy atom. The quantitative estimate of drug-likeness (QED) is 0.0276. The van der Waals surface area contributed by atoms with Crippen molar-refractivity contribution in [2.75, 3.05) is 13.1 Å². The molecule has 0 radical (unpaired) electrons. The van der Waals surface area contributed by atoms with Crippen LogP contribution in [0.5, 0.6) is 11.5 Å². The van der Waals surface area contributed by atoms with Crippen molar-refractivity contribution >= 4 is 107 Å². The van der Waals surface area contributed by atoms with Crippen LogP contribution in [0.15, 0.2) is 48.5 Å². The standard InChI is InChI=1S/C66H92N14O26/c67-27-5-3-9-43(65(103)104)75-55(93)37(71-63(101)47(31-53(89)90)79-59(97)41(21-25-51(85)86)73-61(99)45(29-33-11-15-35(81)16-12-33)77-57(95)39-19-23-49(83)69-39)7-1-2-8-38(56(94)76-44(66(105)106)10-4-6-28-68)72-64(102)48(32-54(91)92)80-60(98)42(22-26-52(87)88)74-62(100)46(30-34-13-17-36(82)18-14-34)78-58(96)40-20-24-50(84)70-40/h11-18,37-48,81-82H,1-10,19-32,67-68H2,(H,69,83)(H,70,84)(H,71,101)(H,72,102)(H,73,99)(H,74,100)(H,75,93)(H,76,94)(H,77,95)(H,78,96)(H,79,97)(H,80,98)(H,85,86)(H,87,88)(H,89,90)(H,91,92)(H,103,104)(H,105,106)/t37?,38?,39-,40-,41-,42-,43-,44-,45-,46-,47-,48-/m0/s1. The van der Waals surface area contributed by atoms with Gasteiger partial charge in [-0.1, -0.05) is 37.1 Å². The highest BCUT2D eigenvalue weighted by atomic mass is 16.4. The van der Waals surface area contributed by atoms with Crippen LogP contribution in [0.1, 0.15) is 140 Å². The van der Waals surface area contributed by atoms with E-state index in [-0.39, 0.29) is 114 Å². The number of phenols is 2. The molecule has 0 bridgehead atoms. The number of unbranched alkanes of at least 4 members (excludes halogenated alkanes) is 3. The first-order chi connectivity index (χ1) is 50.2. The summed E-state index contributed by atoms with van der Waals surface area (Å²) in [6.45, 7) is 0.227. The van der Waals surface area contributed by atoms with Crippen LogP contribution >= 0.6 is 0 Å². The average molecular weight is 1500 g/mol. The first kappa shape index (κ1) is 86.8. The minimum atomic E-state index is -2.20. The highest BCUT2D eigenvalue weighted by Gasteiger charge is 2.39. The summed E-state index contributed by atoms with van der Waals surface area (Å²) >= 11 is 0. The number of nitrogens with one attached hydrogen (secondary N) is 12. The SMILES string of the molecule is NCCCC[C@H](NC(=O)C(CCCCC(NC(=O)[C@H](CC(=O)O)NC(=O)[C@H](CCC(=O)O)NC(=O)[C@H](Cc1ccc(O)cc1)NC(=O)[C@@H]1CCC(=O)N1)C(=O)N[C@@H](CCCCN)C(=O)O)NC(=O)[C@H](CC(=O)O)NC(=O)[C@H](CCC(=O)O)NC(=O)[C@H](Cc1ccc(O)cc1)NC(=O)[C@@H]1CCC(=O)N1)C(=O)O. The number of benzene rings is 2. The molecule has 0 saturated carbocycles. The van der Waals surface area contributed by atoms with Crippen molar-refractivity contribution in [2.45, 2.75) is 214 Å². The molecular formula is C66H92N14O26. The van der Waals surface area contributed by atoms with E-state index in [0.29, 0.717) is 11.1 Å². The average Bonchev–Trinajstić information content (AvgIpc) is 1.20. The second-order valence-electron chi connectivity index (χ2n) is 25.3. The highest BCUT2D eigenvalue weighted by Crippen LogP contribution is 2.18. The van der Waals surface area contributed by atoms with Gasteiger partial charge in [0.15, 0.2) is 0 Å². The van der Waals surface area contributed by atoms with E-state index in [9.17, 15) is 127 Å². The van der Waals surface area contributed by atoms with Crippen molar-refractivity contribution in [3.63, 3.8) is 0 Å². The van der Waals surface area contributed by atoms with Gasteiger partial charge in [-0.25, -0.2) is 9.59 Å². The maximum Gasteiger partial charge on any atom is 0.326 e. The number of phenolic OH excluding ortho intramolecular Hbond substituents is 2. The molecule has 106 heavy (non-hydrogen) atoms. The number of carboxylic acids is 6. The second kappa shape index (κ2) is 44.2. The molecule has 2 aliphatic heterocycles. The molecule has 2 fully saturated rings. The Labute approximate surface area is 605 Å². The van der Waals surface area contributed by atoms with E-state index < -0.39 is 231 Å². The largest absolute Gasteiger partial charge is 0.508 e. The van der Waals surface area contributed by atoms with Gasteiger partial charge in [-0.15, -0.1) is 0 Å². The van der Waals surface area contributed by atoms with Crippen molar-refractivity contribution in [1.82, 2.24) is 63.8 Å². The minimum absolute atomic E-state index is 0.0251. The maximum atomic E-state index is 14.4. The minimum Gasteiger partial charge on any atom is -0.508 e. The smallest absolute Gasteiger partial charge is 0.326 e. The lowest BCUT2D eigenvalue weighted by Crippen LogP contribution is -2.60. The number of hydrogen-bond donors (Lipinski definition) is 22. The fourth-order valence-electron chi connectivity index (χ4n) is 11.1. The topological polar surface area (TPSA) is 666 Å². The third-order valence-electron chi connectivity index (χ3n) is 16.8. The molecule has 2 aromatic rings. The van der Waals surface area contributed by atoms with E-state index in [1.165, 1.54) is 48.5 Å². The van der Waals surface area contributed by atoms with Crippen LogP contribution < -0.4 is 75.3 Å². The van der Waals surface area contributed by atoms with Gasteiger partial charge < -0.3 is 116 Å². The van der Waals surface area contributed by atoms with E-state index in [1.54, 1.807) is 0 Å². The zero-order valence-corrected chi connectivity index (χ0v) is 57.6. The fourth-order valence-corrected chi connectivity index (χ4v) is 11.1. The molecule has 12 amide bonds. The number of nitrogens with two attached hydrogens (primary N) is 2. The van der Waals surface area contributed by atoms with Gasteiger partial charge in [-0.05, 0) is 126 Å². The Hall–Kier alpha value is -11.6. The van der Waals surface area contributed by atoms with Gasteiger partial charge >= 0.3 is 35.8 Å². The van der Waals surface area contributed by atoms with Gasteiger partial charge in [-0.3, -0.25) is 76.7 Å². The molecule has 0 aliphatic carbocycles. The summed E-state index contributed by atoms with van der Waals surface area (Å²) in [5, 5.41) is 107. The Morgan fingerprint density at radius 2 is 0.613 bits per heavy atom. The van der Waals surface area contributed by atoms with Crippen molar-refractivity contribution in [3.05, 3.63) is 59.7 Å². The molecule has 4 rings (SSSR count). The third-order valence-corrected chi connectivity index (χ3v) is 16.8. The fraction of sp³-hybridized carbons (Fsp3) is 0.545. The normalized spacial score (nSPS) is 16.6. The molecule has 2 unspecified atom stereocenters. The van der Waals surface area contributed by atoms with Gasteiger partial charge in [0.25, 0.3) is 0 Å². The molecule has 40 nitrogen and oxygen atoms in total. The molecular weight excluding hydrogens is 1400 g/mol. The summed E-state index contributed by atoms with van der Waals surface area (Å²) in [5.41, 5.74) is 11.9. The third kappa shape index (κ3) is 31.2. The predicted molar refractivity (Wildman–Crippen MR) is 363 cm³/mol. The van der Waals surface area contributed by atoms with Crippen LogP contribution in [0, 0.1) is 0 Å². The van der Waals surface area contributed by atoms with Crippen molar-refractivity contribution in [2.24, 2.45) is 11.5 Å². The first-order valence-electron chi connectivity index (χ1n) is 34.1. The lowest BCUT2D eigenvalue weighted by Gasteiger charge is -2.27. The molecule has 0 aromatic heterocycles. The molecule has 2 heterocycles. The van der Waals surface area contributed by atoms with Crippen molar-refractivity contribution < 1.29 is 127 Å². The maximum absolute atomic E-state index is 14.4. The lowest BCUT2D eigenvalue weighted by atomic mass is 10.0. The van der Waals surface area contributed by atoms with Crippen LogP contribution in [0.25, 0.3) is 0 Å². The van der Waals surface area contributed by atoms with E-state index in [0.717, 1.165) is 0 Å². The molecule has 40 heteroatoms. The lowest BCUT2D eigenvalue weighted by molar-refractivity contribution is -0.143. The second-order valence-corrected chi connectivity index (χ2v) is 25.3. The first-order valence-corrected chi connectivity index (χ1v) is 34.1. The van der Waals surface area contributed by atoms with E-state index in [2.05, 4.69) is 63.8 Å². The molecule has 12 atom stereocenters. The van der Waals surface area contributed by atoms with Gasteiger partial charge in [0, 0.05) is 38.5 Å². The number of carbonyl (C=O) groups is 18. The summed E-state index contributed by atoms with van der Waals surface area (Å²) in [7, 11) is 0. The molecule has 2 aromatic carbocycles. The molecule has 2 aliphatic rings. The summed E-state index contributed by atoms with van der Waals surface area (Å²) in [4.78, 5) is 238. The zero-order chi connectivity index (χ0) is 78.7. The monoisotopic (exact) mass is 1500 g/mol. The number of carboxylic acid groups (broad SMARTS) is 6. The molecule has 2 saturated heterocycles. The molecule has 0 spiro atoms. The number of rotatable bonds is 49. The van der Waals surface area contributed by atoms with Crippen molar-refractivity contribution in [1.29, 1.82) is 0 Å².